The molecule has 0 saturated carbocycles. The standard InChI is InChI=1S/C19H17F3N6O2/c20-19(21,22)14-6-4-5-13(11-14)18-24-26-28(25-18)12-17(30)27(10-9-16(23)29)15-7-2-1-3-8-15/h1-8,11H,9-10,12H2,(H2,23,29). The molecule has 0 bridgehead atoms. The molecule has 0 unspecified atom stereocenters. The van der Waals surface area contributed by atoms with Gasteiger partial charge in [-0.1, -0.05) is 30.3 Å². The van der Waals surface area contributed by atoms with Crippen LogP contribution in [0.25, 0.3) is 11.4 Å². The molecule has 3 aromatic rings. The maximum Gasteiger partial charge on any atom is 0.416 e. The lowest BCUT2D eigenvalue weighted by Gasteiger charge is -2.21. The molecule has 2 amide bonds. The average Bonchev–Trinajstić information content (AvgIpc) is 3.16. The van der Waals surface area contributed by atoms with Crippen molar-refractivity contribution in [2.45, 2.75) is 19.1 Å². The van der Waals surface area contributed by atoms with Gasteiger partial charge in [-0.05, 0) is 29.5 Å². The number of alkyl halides is 3. The zero-order valence-corrected chi connectivity index (χ0v) is 15.6. The summed E-state index contributed by atoms with van der Waals surface area (Å²) in [5.41, 5.74) is 5.03. The van der Waals surface area contributed by atoms with E-state index in [0.29, 0.717) is 5.69 Å². The van der Waals surface area contributed by atoms with Crippen molar-refractivity contribution in [1.29, 1.82) is 0 Å². The summed E-state index contributed by atoms with van der Waals surface area (Å²) in [6.07, 6.45) is -4.54. The summed E-state index contributed by atoms with van der Waals surface area (Å²) < 4.78 is 38.7. The van der Waals surface area contributed by atoms with Gasteiger partial charge in [0.1, 0.15) is 6.54 Å². The summed E-state index contributed by atoms with van der Waals surface area (Å²) in [6.45, 7) is -0.257. The molecule has 2 aromatic carbocycles. The number of rotatable bonds is 7. The fourth-order valence-corrected chi connectivity index (χ4v) is 2.69. The Balaban J connectivity index is 1.78. The maximum atomic E-state index is 12.9. The van der Waals surface area contributed by atoms with Gasteiger partial charge >= 0.3 is 6.18 Å². The minimum absolute atomic E-state index is 0.0408. The second kappa shape index (κ2) is 8.72. The number of nitrogens with zero attached hydrogens (tertiary/aromatic N) is 5. The third-order valence-electron chi connectivity index (χ3n) is 4.13. The number of halogens is 3. The van der Waals surface area contributed by atoms with E-state index in [1.807, 2.05) is 0 Å². The van der Waals surface area contributed by atoms with Crippen LogP contribution in [0.2, 0.25) is 0 Å². The topological polar surface area (TPSA) is 107 Å². The average molecular weight is 418 g/mol. The van der Waals surface area contributed by atoms with Crippen molar-refractivity contribution >= 4 is 17.5 Å². The summed E-state index contributed by atoms with van der Waals surface area (Å²) in [5, 5.41) is 11.5. The fraction of sp³-hybridized carbons (Fsp3) is 0.211. The highest BCUT2D eigenvalue weighted by atomic mass is 19.4. The highest BCUT2D eigenvalue weighted by Crippen LogP contribution is 2.31. The maximum absolute atomic E-state index is 12.9. The molecule has 11 heteroatoms. The van der Waals surface area contributed by atoms with Crippen LogP contribution in [0.5, 0.6) is 0 Å². The van der Waals surface area contributed by atoms with Gasteiger partial charge in [-0.15, -0.1) is 10.2 Å². The highest BCUT2D eigenvalue weighted by Gasteiger charge is 2.30. The number of hydrogen-bond acceptors (Lipinski definition) is 5. The second-order valence-corrected chi connectivity index (χ2v) is 6.32. The Kier molecular flexibility index (Phi) is 6.09. The molecule has 8 nitrogen and oxygen atoms in total. The minimum atomic E-state index is -4.50. The number of amides is 2. The Morgan fingerprint density at radius 2 is 1.80 bits per heavy atom. The molecule has 30 heavy (non-hydrogen) atoms. The van der Waals surface area contributed by atoms with Crippen LogP contribution in [0.3, 0.4) is 0 Å². The summed E-state index contributed by atoms with van der Waals surface area (Å²) in [7, 11) is 0. The summed E-state index contributed by atoms with van der Waals surface area (Å²) in [6, 6.07) is 13.1. The normalized spacial score (nSPS) is 11.3. The van der Waals surface area contributed by atoms with E-state index in [2.05, 4.69) is 15.4 Å². The quantitative estimate of drug-likeness (QED) is 0.633. The van der Waals surface area contributed by atoms with Gasteiger partial charge in [0.05, 0.1) is 5.56 Å². The molecule has 3 rings (SSSR count). The van der Waals surface area contributed by atoms with E-state index in [9.17, 15) is 22.8 Å². The zero-order chi connectivity index (χ0) is 21.7. The van der Waals surface area contributed by atoms with Crippen LogP contribution in [0.1, 0.15) is 12.0 Å². The van der Waals surface area contributed by atoms with Crippen LogP contribution in [0.15, 0.2) is 54.6 Å². The number of tetrazole rings is 1. The largest absolute Gasteiger partial charge is 0.416 e. The first-order valence-corrected chi connectivity index (χ1v) is 8.83. The van der Waals surface area contributed by atoms with E-state index in [4.69, 9.17) is 5.73 Å². The van der Waals surface area contributed by atoms with Gasteiger partial charge in [-0.3, -0.25) is 9.59 Å². The van der Waals surface area contributed by atoms with Gasteiger partial charge in [0, 0.05) is 24.2 Å². The first kappa shape index (κ1) is 21.0. The number of aromatic nitrogens is 4. The van der Waals surface area contributed by atoms with Crippen LogP contribution in [0.4, 0.5) is 18.9 Å². The van der Waals surface area contributed by atoms with Crippen molar-refractivity contribution in [1.82, 2.24) is 20.2 Å². The van der Waals surface area contributed by atoms with E-state index in [1.165, 1.54) is 17.0 Å². The Morgan fingerprint density at radius 1 is 1.07 bits per heavy atom. The van der Waals surface area contributed by atoms with Gasteiger partial charge in [0.2, 0.25) is 11.7 Å². The Labute approximate surface area is 169 Å². The lowest BCUT2D eigenvalue weighted by molar-refractivity contribution is -0.137. The number of carbonyl (C=O) groups excluding carboxylic acids is 2. The van der Waals surface area contributed by atoms with Crippen LogP contribution in [0, 0.1) is 0 Å². The van der Waals surface area contributed by atoms with Gasteiger partial charge < -0.3 is 10.6 Å². The van der Waals surface area contributed by atoms with Gasteiger partial charge in [-0.25, -0.2) is 0 Å². The van der Waals surface area contributed by atoms with Crippen molar-refractivity contribution < 1.29 is 22.8 Å². The number of anilines is 1. The van der Waals surface area contributed by atoms with Crippen molar-refractivity contribution in [2.75, 3.05) is 11.4 Å². The number of para-hydroxylation sites is 1. The fourth-order valence-electron chi connectivity index (χ4n) is 2.69. The van der Waals surface area contributed by atoms with E-state index >= 15 is 0 Å². The van der Waals surface area contributed by atoms with Crippen molar-refractivity contribution in [3.63, 3.8) is 0 Å². The van der Waals surface area contributed by atoms with E-state index in [1.54, 1.807) is 30.3 Å². The molecule has 1 aromatic heterocycles. The third-order valence-corrected chi connectivity index (χ3v) is 4.13. The molecule has 0 atom stereocenters. The van der Waals surface area contributed by atoms with Crippen LogP contribution >= 0.6 is 0 Å². The number of hydrogen-bond donors (Lipinski definition) is 1. The Morgan fingerprint density at radius 3 is 2.47 bits per heavy atom. The summed E-state index contributed by atoms with van der Waals surface area (Å²) in [4.78, 5) is 26.2. The first-order valence-electron chi connectivity index (χ1n) is 8.83. The molecule has 0 aliphatic rings. The van der Waals surface area contributed by atoms with Gasteiger partial charge in [-0.2, -0.15) is 18.0 Å². The second-order valence-electron chi connectivity index (χ2n) is 6.32. The number of carbonyl (C=O) groups is 2. The predicted octanol–water partition coefficient (Wildman–Crippen LogP) is 2.27. The molecular formula is C19H17F3N6O2. The molecule has 0 fully saturated rings. The number of benzene rings is 2. The lowest BCUT2D eigenvalue weighted by atomic mass is 10.1. The molecule has 0 saturated heterocycles. The van der Waals surface area contributed by atoms with E-state index in [-0.39, 0.29) is 30.9 Å². The third kappa shape index (κ3) is 5.19. The van der Waals surface area contributed by atoms with Crippen LogP contribution < -0.4 is 10.6 Å². The van der Waals surface area contributed by atoms with Gasteiger partial charge in [0.25, 0.3) is 5.91 Å². The molecule has 2 N–H and O–H groups in total. The molecule has 0 radical (unpaired) electrons. The smallest absolute Gasteiger partial charge is 0.370 e. The number of nitrogens with two attached hydrogens (primary N) is 1. The Hall–Kier alpha value is -3.76. The molecule has 0 spiro atoms. The molecular weight excluding hydrogens is 401 g/mol. The van der Waals surface area contributed by atoms with Crippen LogP contribution in [-0.4, -0.2) is 38.6 Å². The zero-order valence-electron chi connectivity index (χ0n) is 15.6. The SMILES string of the molecule is NC(=O)CCN(C(=O)Cn1nnc(-c2cccc(C(F)(F)F)c2)n1)c1ccccc1. The van der Waals surface area contributed by atoms with E-state index in [0.717, 1.165) is 16.9 Å². The molecule has 156 valence electrons. The minimum Gasteiger partial charge on any atom is -0.370 e. The highest BCUT2D eigenvalue weighted by molar-refractivity contribution is 5.93. The number of primary amides is 1. The van der Waals surface area contributed by atoms with Crippen molar-refractivity contribution in [3.05, 3.63) is 60.2 Å². The molecule has 0 aliphatic heterocycles. The molecule has 0 aliphatic carbocycles. The predicted molar refractivity (Wildman–Crippen MR) is 101 cm³/mol. The monoisotopic (exact) mass is 418 g/mol. The van der Waals surface area contributed by atoms with Crippen molar-refractivity contribution in [2.24, 2.45) is 5.73 Å². The summed E-state index contributed by atoms with van der Waals surface area (Å²) in [5.74, 6) is -1.04. The van der Waals surface area contributed by atoms with Crippen molar-refractivity contribution in [3.8, 4) is 11.4 Å². The van der Waals surface area contributed by atoms with Crippen LogP contribution in [-0.2, 0) is 22.3 Å². The van der Waals surface area contributed by atoms with Gasteiger partial charge in [0.15, 0.2) is 0 Å². The molecule has 1 heterocycles. The summed E-state index contributed by atoms with van der Waals surface area (Å²) >= 11 is 0. The lowest BCUT2D eigenvalue weighted by Crippen LogP contribution is -2.36. The first-order chi connectivity index (χ1) is 14.2. The Bertz CT molecular complexity index is 1040. The van der Waals surface area contributed by atoms with E-state index < -0.39 is 23.6 Å².